The Morgan fingerprint density at radius 1 is 1.20 bits per heavy atom. The number of hydrogen-bond donors (Lipinski definition) is 2. The summed E-state index contributed by atoms with van der Waals surface area (Å²) in [6.07, 6.45) is 1.11. The topological polar surface area (TPSA) is 42.9 Å². The van der Waals surface area contributed by atoms with Crippen LogP contribution in [0.15, 0.2) is 35.3 Å². The Balaban J connectivity index is 1.84. The molecule has 0 amide bonds. The Labute approximate surface area is 153 Å². The summed E-state index contributed by atoms with van der Waals surface area (Å²) in [5.41, 5.74) is 1.45. The third-order valence-electron chi connectivity index (χ3n) is 4.51. The lowest BCUT2D eigenvalue weighted by Gasteiger charge is -2.40. The second kappa shape index (κ2) is 9.20. The van der Waals surface area contributed by atoms with Gasteiger partial charge in [-0.3, -0.25) is 9.89 Å². The maximum absolute atomic E-state index is 4.30. The van der Waals surface area contributed by atoms with Crippen molar-refractivity contribution >= 4 is 5.96 Å². The van der Waals surface area contributed by atoms with Crippen LogP contribution in [0.1, 0.15) is 38.8 Å². The summed E-state index contributed by atoms with van der Waals surface area (Å²) in [5, 5.41) is 6.83. The quantitative estimate of drug-likeness (QED) is 0.488. The van der Waals surface area contributed by atoms with E-state index in [1.54, 1.807) is 0 Å². The Morgan fingerprint density at radius 3 is 2.56 bits per heavy atom. The van der Waals surface area contributed by atoms with Gasteiger partial charge in [-0.2, -0.15) is 0 Å². The van der Waals surface area contributed by atoms with Crippen LogP contribution in [0.2, 0.25) is 0 Å². The molecule has 1 aliphatic heterocycles. The predicted octanol–water partition coefficient (Wildman–Crippen LogP) is 2.33. The van der Waals surface area contributed by atoms with Crippen molar-refractivity contribution in [3.63, 3.8) is 0 Å². The Hall–Kier alpha value is -1.59. The molecule has 1 heterocycles. The van der Waals surface area contributed by atoms with Gasteiger partial charge in [0.15, 0.2) is 5.96 Å². The molecule has 1 fully saturated rings. The first-order chi connectivity index (χ1) is 11.9. The molecule has 1 unspecified atom stereocenters. The van der Waals surface area contributed by atoms with E-state index in [2.05, 4.69) is 83.6 Å². The fourth-order valence-electron chi connectivity index (χ4n) is 3.24. The molecule has 5 heteroatoms. The predicted molar refractivity (Wildman–Crippen MR) is 107 cm³/mol. The second-order valence-corrected chi connectivity index (χ2v) is 7.95. The highest BCUT2D eigenvalue weighted by Gasteiger charge is 2.25. The lowest BCUT2D eigenvalue weighted by Crippen LogP contribution is -2.49. The van der Waals surface area contributed by atoms with E-state index in [4.69, 9.17) is 0 Å². The Kier molecular flexibility index (Phi) is 7.26. The van der Waals surface area contributed by atoms with Crippen molar-refractivity contribution in [1.29, 1.82) is 0 Å². The summed E-state index contributed by atoms with van der Waals surface area (Å²) in [6, 6.07) is 11.4. The summed E-state index contributed by atoms with van der Waals surface area (Å²) < 4.78 is 0. The Morgan fingerprint density at radius 2 is 1.92 bits per heavy atom. The summed E-state index contributed by atoms with van der Waals surface area (Å²) in [5.74, 6) is 0.880. The van der Waals surface area contributed by atoms with E-state index in [0.717, 1.165) is 45.1 Å². The molecule has 1 saturated heterocycles. The van der Waals surface area contributed by atoms with Crippen LogP contribution in [0.5, 0.6) is 0 Å². The van der Waals surface area contributed by atoms with Crippen molar-refractivity contribution < 1.29 is 0 Å². The van der Waals surface area contributed by atoms with Gasteiger partial charge >= 0.3 is 0 Å². The van der Waals surface area contributed by atoms with Crippen LogP contribution >= 0.6 is 0 Å². The number of piperazine rings is 1. The molecule has 2 rings (SSSR count). The number of benzene rings is 1. The van der Waals surface area contributed by atoms with Gasteiger partial charge in [-0.15, -0.1) is 0 Å². The molecule has 1 aliphatic rings. The van der Waals surface area contributed by atoms with E-state index >= 15 is 0 Å². The largest absolute Gasteiger partial charge is 0.356 e. The van der Waals surface area contributed by atoms with Gasteiger partial charge in [0.2, 0.25) is 0 Å². The van der Waals surface area contributed by atoms with E-state index in [1.807, 2.05) is 7.05 Å². The standard InChI is InChI=1S/C20H35N5/c1-20(2,3)23-19(21-4)22-12-9-13-25-15-14-24(5)16-18(25)17-10-7-6-8-11-17/h6-8,10-11,18H,9,12-16H2,1-5H3,(H2,21,22,23). The first-order valence-electron chi connectivity index (χ1n) is 9.35. The number of rotatable bonds is 5. The molecule has 0 bridgehead atoms. The molecule has 5 nitrogen and oxygen atoms in total. The zero-order chi connectivity index (χ0) is 18.3. The highest BCUT2D eigenvalue weighted by molar-refractivity contribution is 5.80. The highest BCUT2D eigenvalue weighted by Crippen LogP contribution is 2.24. The van der Waals surface area contributed by atoms with Crippen molar-refractivity contribution in [1.82, 2.24) is 20.4 Å². The average Bonchev–Trinajstić information content (AvgIpc) is 2.58. The van der Waals surface area contributed by atoms with Gasteiger partial charge < -0.3 is 15.5 Å². The maximum Gasteiger partial charge on any atom is 0.191 e. The van der Waals surface area contributed by atoms with E-state index in [1.165, 1.54) is 5.56 Å². The first-order valence-corrected chi connectivity index (χ1v) is 9.35. The third-order valence-corrected chi connectivity index (χ3v) is 4.51. The van der Waals surface area contributed by atoms with Crippen LogP contribution in [-0.4, -0.2) is 68.1 Å². The van der Waals surface area contributed by atoms with Gasteiger partial charge in [0.1, 0.15) is 0 Å². The molecule has 0 aromatic heterocycles. The minimum Gasteiger partial charge on any atom is -0.356 e. The van der Waals surface area contributed by atoms with Crippen molar-refractivity contribution in [3.8, 4) is 0 Å². The molecular weight excluding hydrogens is 310 g/mol. The molecule has 0 aliphatic carbocycles. The number of nitrogens with zero attached hydrogens (tertiary/aromatic N) is 3. The van der Waals surface area contributed by atoms with Gasteiger partial charge in [0, 0.05) is 51.4 Å². The molecule has 25 heavy (non-hydrogen) atoms. The number of aliphatic imine (C=N–C) groups is 1. The van der Waals surface area contributed by atoms with Gasteiger partial charge in [-0.25, -0.2) is 0 Å². The SMILES string of the molecule is CN=C(NCCCN1CCN(C)CC1c1ccccc1)NC(C)(C)C. The number of nitrogens with one attached hydrogen (secondary N) is 2. The minimum atomic E-state index is 0.0255. The van der Waals surface area contributed by atoms with Crippen molar-refractivity contribution in [2.75, 3.05) is 46.8 Å². The van der Waals surface area contributed by atoms with E-state index < -0.39 is 0 Å². The molecule has 1 aromatic carbocycles. The van der Waals surface area contributed by atoms with Gasteiger partial charge in [0.25, 0.3) is 0 Å². The lowest BCUT2D eigenvalue weighted by atomic mass is 10.0. The average molecular weight is 346 g/mol. The van der Waals surface area contributed by atoms with Gasteiger partial charge in [-0.1, -0.05) is 30.3 Å². The van der Waals surface area contributed by atoms with Gasteiger partial charge in [-0.05, 0) is 39.8 Å². The smallest absolute Gasteiger partial charge is 0.191 e. The molecule has 1 atom stereocenters. The molecular formula is C20H35N5. The molecule has 2 N–H and O–H groups in total. The molecule has 0 saturated carbocycles. The third kappa shape index (κ3) is 6.67. The normalized spacial score (nSPS) is 20.5. The Bertz CT molecular complexity index is 535. The fraction of sp³-hybridized carbons (Fsp3) is 0.650. The second-order valence-electron chi connectivity index (χ2n) is 7.95. The summed E-state index contributed by atoms with van der Waals surface area (Å²) in [4.78, 5) is 9.36. The summed E-state index contributed by atoms with van der Waals surface area (Å²) >= 11 is 0. The molecule has 0 spiro atoms. The maximum atomic E-state index is 4.30. The van der Waals surface area contributed by atoms with Crippen LogP contribution in [0, 0.1) is 0 Å². The van der Waals surface area contributed by atoms with Crippen LogP contribution in [-0.2, 0) is 0 Å². The fourth-order valence-corrected chi connectivity index (χ4v) is 3.24. The minimum absolute atomic E-state index is 0.0255. The number of hydrogen-bond acceptors (Lipinski definition) is 3. The summed E-state index contributed by atoms with van der Waals surface area (Å²) in [7, 11) is 4.05. The summed E-state index contributed by atoms with van der Waals surface area (Å²) in [6.45, 7) is 11.9. The first kappa shape index (κ1) is 19.7. The monoisotopic (exact) mass is 345 g/mol. The molecule has 140 valence electrons. The van der Waals surface area contributed by atoms with Crippen molar-refractivity contribution in [2.24, 2.45) is 4.99 Å². The highest BCUT2D eigenvalue weighted by atomic mass is 15.3. The van der Waals surface area contributed by atoms with Crippen LogP contribution in [0.25, 0.3) is 0 Å². The van der Waals surface area contributed by atoms with Crippen LogP contribution in [0.4, 0.5) is 0 Å². The molecule has 1 aromatic rings. The van der Waals surface area contributed by atoms with Crippen LogP contribution < -0.4 is 10.6 Å². The van der Waals surface area contributed by atoms with Crippen molar-refractivity contribution in [3.05, 3.63) is 35.9 Å². The zero-order valence-corrected chi connectivity index (χ0v) is 16.5. The number of likely N-dealkylation sites (N-methyl/N-ethyl adjacent to an activating group) is 1. The van der Waals surface area contributed by atoms with Gasteiger partial charge in [0.05, 0.1) is 0 Å². The van der Waals surface area contributed by atoms with Crippen LogP contribution in [0.3, 0.4) is 0 Å². The lowest BCUT2D eigenvalue weighted by molar-refractivity contribution is 0.0891. The zero-order valence-electron chi connectivity index (χ0n) is 16.5. The number of guanidine groups is 1. The van der Waals surface area contributed by atoms with E-state index in [0.29, 0.717) is 6.04 Å². The van der Waals surface area contributed by atoms with E-state index in [-0.39, 0.29) is 5.54 Å². The molecule has 0 radical (unpaired) electrons. The van der Waals surface area contributed by atoms with E-state index in [9.17, 15) is 0 Å². The van der Waals surface area contributed by atoms with Crippen molar-refractivity contribution in [2.45, 2.75) is 38.8 Å².